The molecule has 0 radical (unpaired) electrons. The van der Waals surface area contributed by atoms with E-state index in [1.165, 1.54) is 12.1 Å². The van der Waals surface area contributed by atoms with E-state index in [0.29, 0.717) is 18.7 Å². The van der Waals surface area contributed by atoms with Gasteiger partial charge in [0.2, 0.25) is 5.91 Å². The van der Waals surface area contributed by atoms with E-state index in [2.05, 4.69) is 21.2 Å². The Balaban J connectivity index is 1.66. The van der Waals surface area contributed by atoms with Crippen LogP contribution in [0.1, 0.15) is 17.5 Å². The van der Waals surface area contributed by atoms with E-state index in [9.17, 15) is 18.0 Å². The molecule has 7 heteroatoms. The van der Waals surface area contributed by atoms with Gasteiger partial charge in [0.25, 0.3) is 0 Å². The summed E-state index contributed by atoms with van der Waals surface area (Å²) < 4.78 is 43.8. The van der Waals surface area contributed by atoms with Crippen molar-refractivity contribution in [1.29, 1.82) is 0 Å². The first kappa shape index (κ1) is 19.3. The minimum absolute atomic E-state index is 0.165. The number of amides is 1. The van der Waals surface area contributed by atoms with Crippen LogP contribution in [0.4, 0.5) is 13.2 Å². The smallest absolute Gasteiger partial charge is 0.416 e. The lowest BCUT2D eigenvalue weighted by molar-refractivity contribution is -0.137. The zero-order valence-corrected chi connectivity index (χ0v) is 14.9. The fraction of sp³-hybridized carbons (Fsp3) is 0.278. The number of benzene rings is 2. The highest BCUT2D eigenvalue weighted by atomic mass is 79.9. The van der Waals surface area contributed by atoms with Crippen LogP contribution in [0.3, 0.4) is 0 Å². The average molecular weight is 416 g/mol. The summed E-state index contributed by atoms with van der Waals surface area (Å²) in [6.45, 7) is 0.615. The second kappa shape index (κ2) is 8.89. The summed E-state index contributed by atoms with van der Waals surface area (Å²) in [4.78, 5) is 11.7. The highest BCUT2D eigenvalue weighted by Crippen LogP contribution is 2.29. The molecule has 0 aliphatic carbocycles. The maximum Gasteiger partial charge on any atom is 0.416 e. The highest BCUT2D eigenvalue weighted by Gasteiger charge is 2.29. The van der Waals surface area contributed by atoms with Crippen LogP contribution in [0.15, 0.2) is 53.0 Å². The Hall–Kier alpha value is -2.02. The quantitative estimate of drug-likeness (QED) is 0.717. The van der Waals surface area contributed by atoms with Crippen molar-refractivity contribution in [3.63, 3.8) is 0 Å². The summed E-state index contributed by atoms with van der Waals surface area (Å²) in [6, 6.07) is 12.3. The molecule has 2 aromatic carbocycles. The largest absolute Gasteiger partial charge is 0.493 e. The molecule has 0 atom stereocenters. The topological polar surface area (TPSA) is 38.3 Å². The minimum atomic E-state index is -4.33. The normalized spacial score (nSPS) is 11.2. The third-order valence-corrected chi connectivity index (χ3v) is 3.90. The van der Waals surface area contributed by atoms with Gasteiger partial charge in [-0.2, -0.15) is 13.2 Å². The van der Waals surface area contributed by atoms with Crippen LogP contribution in [0.2, 0.25) is 0 Å². The molecule has 1 N–H and O–H groups in total. The SMILES string of the molecule is O=C(CCOc1cccc(Br)c1)NCCc1ccc(C(F)(F)F)cc1. The van der Waals surface area contributed by atoms with Crippen molar-refractivity contribution >= 4 is 21.8 Å². The standard InChI is InChI=1S/C18H17BrF3NO2/c19-15-2-1-3-16(12-15)25-11-9-17(24)23-10-8-13-4-6-14(7-5-13)18(20,21)22/h1-7,12H,8-11H2,(H,23,24). The fourth-order valence-corrected chi connectivity index (χ4v) is 2.49. The Bertz CT molecular complexity index is 702. The Kier molecular flexibility index (Phi) is 6.87. The molecule has 0 fully saturated rings. The Morgan fingerprint density at radius 2 is 1.84 bits per heavy atom. The van der Waals surface area contributed by atoms with Gasteiger partial charge >= 0.3 is 6.18 Å². The van der Waals surface area contributed by atoms with Gasteiger partial charge in [-0.15, -0.1) is 0 Å². The van der Waals surface area contributed by atoms with Crippen molar-refractivity contribution in [2.45, 2.75) is 19.0 Å². The lowest BCUT2D eigenvalue weighted by Gasteiger charge is -2.09. The molecule has 0 saturated heterocycles. The maximum absolute atomic E-state index is 12.5. The number of carbonyl (C=O) groups excluding carboxylic acids is 1. The minimum Gasteiger partial charge on any atom is -0.493 e. The van der Waals surface area contributed by atoms with E-state index < -0.39 is 11.7 Å². The molecule has 0 aliphatic heterocycles. The van der Waals surface area contributed by atoms with E-state index in [1.54, 1.807) is 6.07 Å². The van der Waals surface area contributed by atoms with Gasteiger partial charge in [0, 0.05) is 11.0 Å². The molecular weight excluding hydrogens is 399 g/mol. The number of alkyl halides is 3. The van der Waals surface area contributed by atoms with Crippen LogP contribution in [-0.2, 0) is 17.4 Å². The van der Waals surface area contributed by atoms with Gasteiger partial charge in [0.1, 0.15) is 5.75 Å². The van der Waals surface area contributed by atoms with Gasteiger partial charge in [-0.25, -0.2) is 0 Å². The molecule has 0 aromatic heterocycles. The number of hydrogen-bond acceptors (Lipinski definition) is 2. The Morgan fingerprint density at radius 1 is 1.12 bits per heavy atom. The predicted molar refractivity (Wildman–Crippen MR) is 92.4 cm³/mol. The molecule has 0 heterocycles. The molecule has 0 unspecified atom stereocenters. The first-order valence-corrected chi connectivity index (χ1v) is 8.45. The molecule has 0 aliphatic rings. The lowest BCUT2D eigenvalue weighted by Crippen LogP contribution is -2.27. The van der Waals surface area contributed by atoms with Gasteiger partial charge in [0.05, 0.1) is 18.6 Å². The molecule has 0 spiro atoms. The van der Waals surface area contributed by atoms with Crippen LogP contribution in [0.25, 0.3) is 0 Å². The van der Waals surface area contributed by atoms with E-state index in [0.717, 1.165) is 22.2 Å². The molecular formula is C18H17BrF3NO2. The molecule has 25 heavy (non-hydrogen) atoms. The summed E-state index contributed by atoms with van der Waals surface area (Å²) in [6.07, 6.45) is -3.66. The Morgan fingerprint density at radius 3 is 2.48 bits per heavy atom. The van der Waals surface area contributed by atoms with Crippen molar-refractivity contribution in [2.24, 2.45) is 0 Å². The third-order valence-electron chi connectivity index (χ3n) is 3.41. The number of halogens is 4. The van der Waals surface area contributed by atoms with Crippen molar-refractivity contribution in [3.8, 4) is 5.75 Å². The second-order valence-corrected chi connectivity index (χ2v) is 6.27. The van der Waals surface area contributed by atoms with Gasteiger partial charge in [-0.3, -0.25) is 4.79 Å². The molecule has 2 aromatic rings. The van der Waals surface area contributed by atoms with E-state index >= 15 is 0 Å². The summed E-state index contributed by atoms with van der Waals surface area (Å²) >= 11 is 3.33. The summed E-state index contributed by atoms with van der Waals surface area (Å²) in [5.41, 5.74) is 0.0590. The van der Waals surface area contributed by atoms with Crippen molar-refractivity contribution in [3.05, 3.63) is 64.1 Å². The lowest BCUT2D eigenvalue weighted by atomic mass is 10.1. The van der Waals surface area contributed by atoms with E-state index in [1.807, 2.05) is 18.2 Å². The maximum atomic E-state index is 12.5. The van der Waals surface area contributed by atoms with Gasteiger partial charge in [0.15, 0.2) is 0 Å². The third kappa shape index (κ3) is 6.78. The summed E-state index contributed by atoms with van der Waals surface area (Å²) in [5, 5.41) is 2.72. The van der Waals surface area contributed by atoms with E-state index in [-0.39, 0.29) is 18.9 Å². The predicted octanol–water partition coefficient (Wildman–Crippen LogP) is 4.60. The first-order chi connectivity index (χ1) is 11.8. The van der Waals surface area contributed by atoms with Crippen molar-refractivity contribution in [2.75, 3.05) is 13.2 Å². The number of carbonyl (C=O) groups is 1. The molecule has 0 saturated carbocycles. The molecule has 2 rings (SSSR count). The monoisotopic (exact) mass is 415 g/mol. The Labute approximate surface area is 152 Å². The molecule has 134 valence electrons. The number of rotatable bonds is 7. The molecule has 1 amide bonds. The highest BCUT2D eigenvalue weighted by molar-refractivity contribution is 9.10. The van der Waals surface area contributed by atoms with Gasteiger partial charge < -0.3 is 10.1 Å². The fourth-order valence-electron chi connectivity index (χ4n) is 2.11. The first-order valence-electron chi connectivity index (χ1n) is 7.66. The number of nitrogens with one attached hydrogen (secondary N) is 1. The van der Waals surface area contributed by atoms with Crippen LogP contribution in [0, 0.1) is 0 Å². The van der Waals surface area contributed by atoms with Gasteiger partial charge in [-0.1, -0.05) is 34.1 Å². The summed E-state index contributed by atoms with van der Waals surface area (Å²) in [7, 11) is 0. The van der Waals surface area contributed by atoms with Crippen molar-refractivity contribution in [1.82, 2.24) is 5.32 Å². The molecule has 0 bridgehead atoms. The zero-order valence-electron chi connectivity index (χ0n) is 13.3. The zero-order chi connectivity index (χ0) is 18.3. The van der Waals surface area contributed by atoms with Crippen LogP contribution < -0.4 is 10.1 Å². The average Bonchev–Trinajstić information content (AvgIpc) is 2.54. The van der Waals surface area contributed by atoms with E-state index in [4.69, 9.17) is 4.74 Å². The number of hydrogen-bond donors (Lipinski definition) is 1. The molecule has 3 nitrogen and oxygen atoms in total. The summed E-state index contributed by atoms with van der Waals surface area (Å²) in [5.74, 6) is 0.508. The van der Waals surface area contributed by atoms with Crippen LogP contribution >= 0.6 is 15.9 Å². The van der Waals surface area contributed by atoms with Crippen LogP contribution in [0.5, 0.6) is 5.75 Å². The van der Waals surface area contributed by atoms with Crippen molar-refractivity contribution < 1.29 is 22.7 Å². The van der Waals surface area contributed by atoms with Crippen LogP contribution in [-0.4, -0.2) is 19.1 Å². The van der Waals surface area contributed by atoms with Gasteiger partial charge in [-0.05, 0) is 42.3 Å². The second-order valence-electron chi connectivity index (χ2n) is 5.35. The number of ether oxygens (including phenoxy) is 1.